The monoisotopic (exact) mass is 201 g/mol. The Morgan fingerprint density at radius 3 is 2.50 bits per heavy atom. The van der Waals surface area contributed by atoms with Crippen LogP contribution in [0.15, 0.2) is 24.3 Å². The zero-order valence-electron chi connectivity index (χ0n) is 6.26. The standard InChI is InChI=1S/C8H12BrN/c1-7(9)5-3-4-6-8(2)10/h3-7,10H,1-2H3/b5-3-,6-4-,10-8?. The molecule has 1 unspecified atom stereocenters. The van der Waals surface area contributed by atoms with Crippen LogP contribution in [-0.4, -0.2) is 10.5 Å². The molecule has 0 saturated heterocycles. The molecule has 0 heterocycles. The van der Waals surface area contributed by atoms with Crippen LogP contribution < -0.4 is 0 Å². The Bertz CT molecular complexity index is 157. The minimum absolute atomic E-state index is 0.406. The van der Waals surface area contributed by atoms with Crippen LogP contribution in [0.25, 0.3) is 0 Å². The van der Waals surface area contributed by atoms with Crippen molar-refractivity contribution in [3.8, 4) is 0 Å². The molecule has 0 bridgehead atoms. The predicted molar refractivity (Wildman–Crippen MR) is 50.1 cm³/mol. The lowest BCUT2D eigenvalue weighted by atomic mass is 10.3. The second-order valence-electron chi connectivity index (χ2n) is 2.10. The average Bonchev–Trinajstić information content (AvgIpc) is 1.79. The van der Waals surface area contributed by atoms with Crippen molar-refractivity contribution in [2.24, 2.45) is 0 Å². The second-order valence-corrected chi connectivity index (χ2v) is 3.55. The van der Waals surface area contributed by atoms with E-state index in [0.29, 0.717) is 10.5 Å². The van der Waals surface area contributed by atoms with E-state index in [0.717, 1.165) is 0 Å². The fourth-order valence-electron chi connectivity index (χ4n) is 0.417. The number of rotatable bonds is 3. The van der Waals surface area contributed by atoms with Crippen molar-refractivity contribution in [3.63, 3.8) is 0 Å². The maximum absolute atomic E-state index is 7.05. The molecule has 0 aromatic rings. The molecule has 56 valence electrons. The number of allylic oxidation sites excluding steroid dienone is 4. The van der Waals surface area contributed by atoms with Crippen LogP contribution in [0.4, 0.5) is 0 Å². The van der Waals surface area contributed by atoms with Crippen molar-refractivity contribution in [2.45, 2.75) is 18.7 Å². The summed E-state index contributed by atoms with van der Waals surface area (Å²) in [4.78, 5) is 0.406. The minimum atomic E-state index is 0.406. The van der Waals surface area contributed by atoms with Gasteiger partial charge in [0.1, 0.15) is 0 Å². The SMILES string of the molecule is CC(=N)/C=C\C=C/C(C)Br. The summed E-state index contributed by atoms with van der Waals surface area (Å²) in [7, 11) is 0. The minimum Gasteiger partial charge on any atom is -0.306 e. The van der Waals surface area contributed by atoms with E-state index in [4.69, 9.17) is 5.41 Å². The topological polar surface area (TPSA) is 23.9 Å². The molecule has 2 heteroatoms. The van der Waals surface area contributed by atoms with Crippen molar-refractivity contribution in [1.29, 1.82) is 5.41 Å². The van der Waals surface area contributed by atoms with E-state index in [1.54, 1.807) is 13.0 Å². The Balaban J connectivity index is 3.62. The third-order valence-electron chi connectivity index (χ3n) is 0.834. The fraction of sp³-hybridized carbons (Fsp3) is 0.375. The predicted octanol–water partition coefficient (Wildman–Crippen LogP) is 2.92. The Morgan fingerprint density at radius 1 is 1.50 bits per heavy atom. The van der Waals surface area contributed by atoms with Gasteiger partial charge in [-0.3, -0.25) is 0 Å². The zero-order valence-corrected chi connectivity index (χ0v) is 7.85. The summed E-state index contributed by atoms with van der Waals surface area (Å²) in [6.45, 7) is 3.80. The molecule has 1 atom stereocenters. The van der Waals surface area contributed by atoms with Crippen LogP contribution in [0, 0.1) is 5.41 Å². The highest BCUT2D eigenvalue weighted by atomic mass is 79.9. The number of alkyl halides is 1. The van der Waals surface area contributed by atoms with Gasteiger partial charge in [-0.2, -0.15) is 0 Å². The van der Waals surface area contributed by atoms with Gasteiger partial charge in [-0.1, -0.05) is 34.2 Å². The van der Waals surface area contributed by atoms with Gasteiger partial charge in [0.2, 0.25) is 0 Å². The van der Waals surface area contributed by atoms with E-state index in [9.17, 15) is 0 Å². The molecule has 0 radical (unpaired) electrons. The van der Waals surface area contributed by atoms with E-state index in [1.165, 1.54) is 0 Å². The zero-order chi connectivity index (χ0) is 7.98. The van der Waals surface area contributed by atoms with Crippen molar-refractivity contribution in [2.75, 3.05) is 0 Å². The van der Waals surface area contributed by atoms with Crippen molar-refractivity contribution >= 4 is 21.6 Å². The van der Waals surface area contributed by atoms with Crippen molar-refractivity contribution in [3.05, 3.63) is 24.3 Å². The summed E-state index contributed by atoms with van der Waals surface area (Å²) in [6.07, 6.45) is 7.56. The molecule has 0 amide bonds. The Hall–Kier alpha value is -0.370. The molecule has 0 saturated carbocycles. The highest BCUT2D eigenvalue weighted by Crippen LogP contribution is 1.97. The fourth-order valence-corrected chi connectivity index (χ4v) is 0.593. The van der Waals surface area contributed by atoms with Crippen LogP contribution in [0.1, 0.15) is 13.8 Å². The maximum atomic E-state index is 7.05. The van der Waals surface area contributed by atoms with Crippen molar-refractivity contribution in [1.82, 2.24) is 0 Å². The van der Waals surface area contributed by atoms with E-state index in [-0.39, 0.29) is 0 Å². The molecule has 0 fully saturated rings. The van der Waals surface area contributed by atoms with Crippen LogP contribution >= 0.6 is 15.9 Å². The van der Waals surface area contributed by atoms with Crippen molar-refractivity contribution < 1.29 is 0 Å². The van der Waals surface area contributed by atoms with Crippen LogP contribution in [0.2, 0.25) is 0 Å². The average molecular weight is 202 g/mol. The van der Waals surface area contributed by atoms with Gasteiger partial charge >= 0.3 is 0 Å². The summed E-state index contributed by atoms with van der Waals surface area (Å²) in [5.74, 6) is 0. The molecule has 1 nitrogen and oxygen atoms in total. The molecule has 1 N–H and O–H groups in total. The third kappa shape index (κ3) is 7.63. The molecule has 0 aromatic carbocycles. The maximum Gasteiger partial charge on any atom is 0.0300 e. The summed E-state index contributed by atoms with van der Waals surface area (Å²) >= 11 is 3.37. The first-order valence-corrected chi connectivity index (χ1v) is 4.08. The Morgan fingerprint density at radius 2 is 2.10 bits per heavy atom. The summed E-state index contributed by atoms with van der Waals surface area (Å²) < 4.78 is 0. The molecule has 0 rings (SSSR count). The van der Waals surface area contributed by atoms with Gasteiger partial charge in [-0.15, -0.1) is 0 Å². The lowest BCUT2D eigenvalue weighted by Gasteiger charge is -1.86. The molecule has 0 aromatic heterocycles. The summed E-state index contributed by atoms with van der Waals surface area (Å²) in [6, 6.07) is 0. The number of nitrogens with one attached hydrogen (secondary N) is 1. The van der Waals surface area contributed by atoms with E-state index in [2.05, 4.69) is 15.9 Å². The van der Waals surface area contributed by atoms with E-state index >= 15 is 0 Å². The summed E-state index contributed by atoms with van der Waals surface area (Å²) in [5.41, 5.74) is 0.576. The van der Waals surface area contributed by atoms with Gasteiger partial charge in [0.25, 0.3) is 0 Å². The van der Waals surface area contributed by atoms with Crippen LogP contribution in [-0.2, 0) is 0 Å². The lowest BCUT2D eigenvalue weighted by Crippen LogP contribution is -1.79. The largest absolute Gasteiger partial charge is 0.306 e. The molecule has 0 aliphatic heterocycles. The molecule has 0 aliphatic carbocycles. The van der Waals surface area contributed by atoms with Gasteiger partial charge in [0, 0.05) is 10.5 Å². The highest BCUT2D eigenvalue weighted by Gasteiger charge is 1.81. The van der Waals surface area contributed by atoms with Gasteiger partial charge in [-0.25, -0.2) is 0 Å². The van der Waals surface area contributed by atoms with E-state index in [1.807, 2.05) is 25.2 Å². The second kappa shape index (κ2) is 5.42. The quantitative estimate of drug-likeness (QED) is 0.413. The number of hydrogen-bond donors (Lipinski definition) is 1. The molecular weight excluding hydrogens is 190 g/mol. The van der Waals surface area contributed by atoms with Gasteiger partial charge in [0.05, 0.1) is 0 Å². The molecule has 0 aliphatic rings. The van der Waals surface area contributed by atoms with Gasteiger partial charge in [-0.05, 0) is 19.9 Å². The highest BCUT2D eigenvalue weighted by molar-refractivity contribution is 9.09. The van der Waals surface area contributed by atoms with E-state index < -0.39 is 0 Å². The van der Waals surface area contributed by atoms with Gasteiger partial charge in [0.15, 0.2) is 0 Å². The first-order chi connectivity index (χ1) is 4.63. The Labute approximate surface area is 70.5 Å². The number of halogens is 1. The number of hydrogen-bond acceptors (Lipinski definition) is 1. The smallest absolute Gasteiger partial charge is 0.0300 e. The molecular formula is C8H12BrN. The normalized spacial score (nSPS) is 14.7. The lowest BCUT2D eigenvalue weighted by molar-refractivity contribution is 1.27. The molecule has 0 spiro atoms. The van der Waals surface area contributed by atoms with Crippen LogP contribution in [0.5, 0.6) is 0 Å². The van der Waals surface area contributed by atoms with Gasteiger partial charge < -0.3 is 5.41 Å². The third-order valence-corrected chi connectivity index (χ3v) is 1.14. The first-order valence-electron chi connectivity index (χ1n) is 3.17. The molecule has 10 heavy (non-hydrogen) atoms. The van der Waals surface area contributed by atoms with Crippen LogP contribution in [0.3, 0.4) is 0 Å². The summed E-state index contributed by atoms with van der Waals surface area (Å²) in [5, 5.41) is 7.05. The Kier molecular flexibility index (Phi) is 5.22. The first kappa shape index (κ1) is 9.63.